The van der Waals surface area contributed by atoms with E-state index in [0.29, 0.717) is 0 Å². The third kappa shape index (κ3) is 5.27. The molecule has 1 saturated heterocycles. The minimum absolute atomic E-state index is 0.0707. The second kappa shape index (κ2) is 11.9. The Labute approximate surface area is 256 Å². The van der Waals surface area contributed by atoms with Crippen molar-refractivity contribution in [2.45, 2.75) is 50.7 Å². The summed E-state index contributed by atoms with van der Waals surface area (Å²) < 4.78 is 26.8. The number of benzene rings is 3. The highest BCUT2D eigenvalue weighted by molar-refractivity contribution is 5.72. The molecule has 1 aromatic heterocycles. The van der Waals surface area contributed by atoms with Crippen molar-refractivity contribution in [1.82, 2.24) is 9.55 Å². The lowest BCUT2D eigenvalue weighted by Gasteiger charge is -2.37. The first kappa shape index (κ1) is 29.6. The maximum Gasteiger partial charge on any atom is 0.351 e. The Balaban J connectivity index is 1.43. The Morgan fingerprint density at radius 1 is 0.977 bits per heavy atom. The van der Waals surface area contributed by atoms with Gasteiger partial charge in [0, 0.05) is 6.20 Å². The molecule has 4 aromatic rings. The Bertz CT molecular complexity index is 1610. The molecule has 0 bridgehead atoms. The van der Waals surface area contributed by atoms with Gasteiger partial charge in [-0.1, -0.05) is 86.6 Å². The first-order valence-electron chi connectivity index (χ1n) is 14.9. The van der Waals surface area contributed by atoms with Gasteiger partial charge in [0.15, 0.2) is 0 Å². The lowest BCUT2D eigenvalue weighted by molar-refractivity contribution is -0.161. The van der Waals surface area contributed by atoms with Gasteiger partial charge in [0.1, 0.15) is 35.6 Å². The molecule has 2 fully saturated rings. The van der Waals surface area contributed by atoms with E-state index in [2.05, 4.69) is 4.98 Å². The number of esters is 1. The van der Waals surface area contributed by atoms with E-state index in [1.165, 1.54) is 4.57 Å². The van der Waals surface area contributed by atoms with Crippen LogP contribution in [0.3, 0.4) is 0 Å². The summed E-state index contributed by atoms with van der Waals surface area (Å²) in [5.41, 5.74) is 6.37. The minimum atomic E-state index is -1.04. The van der Waals surface area contributed by atoms with Crippen LogP contribution in [0.25, 0.3) is 0 Å². The molecule has 1 aliphatic heterocycles. The summed E-state index contributed by atoms with van der Waals surface area (Å²) in [7, 11) is 1.63. The molecule has 2 heterocycles. The molecule has 2 N–H and O–H groups in total. The SMILES string of the molecule is COc1ccc(C(OCC2OC(n3ccc(N)nc3=O)C3(CC3)C2OC(=O)C(C)C)(c2ccccc2)c2ccccc2)cc1. The molecule has 9 heteroatoms. The number of nitrogens with two attached hydrogens (primary N) is 1. The number of rotatable bonds is 10. The van der Waals surface area contributed by atoms with E-state index in [0.717, 1.165) is 35.3 Å². The first-order valence-corrected chi connectivity index (χ1v) is 14.9. The second-order valence-corrected chi connectivity index (χ2v) is 11.8. The van der Waals surface area contributed by atoms with Crippen molar-refractivity contribution in [1.29, 1.82) is 0 Å². The Hall–Kier alpha value is -4.47. The fraction of sp³-hybridized carbons (Fsp3) is 0.343. The summed E-state index contributed by atoms with van der Waals surface area (Å²) in [5.74, 6) is 0.196. The average Bonchev–Trinajstić information content (AvgIpc) is 3.79. The number of ether oxygens (including phenoxy) is 4. The number of nitrogen functional groups attached to an aromatic ring is 1. The summed E-state index contributed by atoms with van der Waals surface area (Å²) in [6.45, 7) is 3.67. The number of carbonyl (C=O) groups excluding carboxylic acids is 1. The van der Waals surface area contributed by atoms with E-state index in [1.807, 2.05) is 84.9 Å². The van der Waals surface area contributed by atoms with Crippen molar-refractivity contribution in [3.63, 3.8) is 0 Å². The number of anilines is 1. The zero-order valence-electron chi connectivity index (χ0n) is 25.1. The zero-order valence-corrected chi connectivity index (χ0v) is 25.1. The van der Waals surface area contributed by atoms with Crippen molar-refractivity contribution < 1.29 is 23.7 Å². The van der Waals surface area contributed by atoms with Gasteiger partial charge in [-0.25, -0.2) is 4.79 Å². The topological polar surface area (TPSA) is 115 Å². The summed E-state index contributed by atoms with van der Waals surface area (Å²) in [6, 6.07) is 29.4. The van der Waals surface area contributed by atoms with E-state index in [-0.39, 0.29) is 24.3 Å². The normalized spacial score (nSPS) is 20.5. The average molecular weight is 596 g/mol. The highest BCUT2D eigenvalue weighted by atomic mass is 16.6. The fourth-order valence-corrected chi connectivity index (χ4v) is 6.22. The lowest BCUT2D eigenvalue weighted by Crippen LogP contribution is -2.41. The monoisotopic (exact) mass is 595 g/mol. The number of carbonyl (C=O) groups is 1. The van der Waals surface area contributed by atoms with Crippen LogP contribution in [0.4, 0.5) is 5.82 Å². The Kier molecular flexibility index (Phi) is 8.00. The number of nitrogens with zero attached hydrogens (tertiary/aromatic N) is 2. The Morgan fingerprint density at radius 3 is 2.09 bits per heavy atom. The van der Waals surface area contributed by atoms with E-state index < -0.39 is 35.1 Å². The summed E-state index contributed by atoms with van der Waals surface area (Å²) in [4.78, 5) is 29.9. The van der Waals surface area contributed by atoms with Crippen LogP contribution in [0.1, 0.15) is 49.6 Å². The van der Waals surface area contributed by atoms with Crippen molar-refractivity contribution in [2.75, 3.05) is 19.5 Å². The van der Waals surface area contributed by atoms with Crippen LogP contribution >= 0.6 is 0 Å². The molecule has 1 saturated carbocycles. The molecule has 0 radical (unpaired) electrons. The molecule has 0 amide bonds. The van der Waals surface area contributed by atoms with Gasteiger partial charge in [-0.3, -0.25) is 9.36 Å². The summed E-state index contributed by atoms with van der Waals surface area (Å²) in [5, 5.41) is 0. The van der Waals surface area contributed by atoms with Crippen LogP contribution in [0.2, 0.25) is 0 Å². The first-order chi connectivity index (χ1) is 21.3. The van der Waals surface area contributed by atoms with E-state index in [1.54, 1.807) is 33.2 Å². The maximum atomic E-state index is 13.0. The highest BCUT2D eigenvalue weighted by Crippen LogP contribution is 2.63. The van der Waals surface area contributed by atoms with Crippen molar-refractivity contribution in [2.24, 2.45) is 11.3 Å². The molecule has 1 spiro atoms. The maximum absolute atomic E-state index is 13.0. The third-order valence-corrected chi connectivity index (χ3v) is 8.67. The molecule has 44 heavy (non-hydrogen) atoms. The fourth-order valence-electron chi connectivity index (χ4n) is 6.22. The quantitative estimate of drug-likeness (QED) is 0.199. The molecule has 2 aliphatic rings. The molecule has 3 atom stereocenters. The number of methoxy groups -OCH3 is 1. The molecule has 6 rings (SSSR count). The summed E-state index contributed by atoms with van der Waals surface area (Å²) in [6.07, 6.45) is 1.05. The molecule has 228 valence electrons. The predicted molar refractivity (Wildman–Crippen MR) is 165 cm³/mol. The van der Waals surface area contributed by atoms with Crippen LogP contribution < -0.4 is 16.2 Å². The van der Waals surface area contributed by atoms with Gasteiger partial charge in [-0.15, -0.1) is 0 Å². The van der Waals surface area contributed by atoms with Crippen molar-refractivity contribution in [3.8, 4) is 5.75 Å². The van der Waals surface area contributed by atoms with Crippen LogP contribution in [-0.4, -0.2) is 41.4 Å². The molecule has 9 nitrogen and oxygen atoms in total. The van der Waals surface area contributed by atoms with Gasteiger partial charge in [0.05, 0.1) is 25.0 Å². The van der Waals surface area contributed by atoms with Gasteiger partial charge < -0.3 is 24.7 Å². The molecule has 1 aliphatic carbocycles. The number of aromatic nitrogens is 2. The van der Waals surface area contributed by atoms with Crippen LogP contribution in [0.15, 0.2) is 102 Å². The van der Waals surface area contributed by atoms with E-state index in [9.17, 15) is 9.59 Å². The summed E-state index contributed by atoms with van der Waals surface area (Å²) >= 11 is 0. The highest BCUT2D eigenvalue weighted by Gasteiger charge is 2.67. The van der Waals surface area contributed by atoms with Gasteiger partial charge in [0.2, 0.25) is 0 Å². The second-order valence-electron chi connectivity index (χ2n) is 11.8. The van der Waals surface area contributed by atoms with Gasteiger partial charge in [-0.2, -0.15) is 4.98 Å². The minimum Gasteiger partial charge on any atom is -0.497 e. The molecule has 3 unspecified atom stereocenters. The van der Waals surface area contributed by atoms with Crippen LogP contribution in [0, 0.1) is 11.3 Å². The van der Waals surface area contributed by atoms with Crippen LogP contribution in [0.5, 0.6) is 5.75 Å². The standard InChI is InChI=1S/C35H37N3O6/c1-23(2)31(39)44-30-28(43-32(34(30)19-20-34)38-21-18-29(36)37-33(38)40)22-42-35(24-10-6-4-7-11-24,25-12-8-5-9-13-25)26-14-16-27(41-3)17-15-26/h4-18,21,23,28,30,32H,19-20,22H2,1-3H3,(H2,36,37,40). The third-order valence-electron chi connectivity index (χ3n) is 8.67. The van der Waals surface area contributed by atoms with E-state index in [4.69, 9.17) is 24.7 Å². The van der Waals surface area contributed by atoms with E-state index >= 15 is 0 Å². The Morgan fingerprint density at radius 2 is 1.57 bits per heavy atom. The lowest BCUT2D eigenvalue weighted by atomic mass is 9.80. The number of hydrogen-bond acceptors (Lipinski definition) is 8. The van der Waals surface area contributed by atoms with Crippen molar-refractivity contribution in [3.05, 3.63) is 124 Å². The van der Waals surface area contributed by atoms with Gasteiger partial charge in [0.25, 0.3) is 0 Å². The smallest absolute Gasteiger partial charge is 0.351 e. The molecule has 3 aromatic carbocycles. The van der Waals surface area contributed by atoms with Crippen LogP contribution in [-0.2, 0) is 24.6 Å². The van der Waals surface area contributed by atoms with Gasteiger partial charge >= 0.3 is 11.7 Å². The largest absolute Gasteiger partial charge is 0.497 e. The molecular formula is C35H37N3O6. The predicted octanol–water partition coefficient (Wildman–Crippen LogP) is 5.09. The molecular weight excluding hydrogens is 558 g/mol. The number of hydrogen-bond donors (Lipinski definition) is 1. The van der Waals surface area contributed by atoms with Crippen molar-refractivity contribution >= 4 is 11.8 Å². The van der Waals surface area contributed by atoms with Gasteiger partial charge in [-0.05, 0) is 47.7 Å². The zero-order chi connectivity index (χ0) is 30.9.